The number of methoxy groups -OCH3 is 2. The van der Waals surface area contributed by atoms with Gasteiger partial charge in [0.1, 0.15) is 5.78 Å². The number of ether oxygens (including phenoxy) is 2. The Morgan fingerprint density at radius 1 is 1.14 bits per heavy atom. The quantitative estimate of drug-likeness (QED) is 0.220. The van der Waals surface area contributed by atoms with Crippen LogP contribution in [-0.2, 0) is 34.8 Å². The molecule has 9 atom stereocenters. The van der Waals surface area contributed by atoms with Gasteiger partial charge in [0.2, 0.25) is 25.7 Å². The van der Waals surface area contributed by atoms with Crippen LogP contribution in [0.15, 0.2) is 30.3 Å². The van der Waals surface area contributed by atoms with E-state index in [-0.39, 0.29) is 48.6 Å². The van der Waals surface area contributed by atoms with Gasteiger partial charge in [0.15, 0.2) is 0 Å². The van der Waals surface area contributed by atoms with E-state index in [4.69, 9.17) is 15.2 Å². The molecule has 3 unspecified atom stereocenters. The third-order valence-corrected chi connectivity index (χ3v) is 10.1. The Bertz CT molecular complexity index is 1090. The monoisotopic (exact) mass is 638 g/mol. The predicted octanol–water partition coefficient (Wildman–Crippen LogP) is 3.04. The van der Waals surface area contributed by atoms with Gasteiger partial charge in [-0.2, -0.15) is 0 Å². The van der Waals surface area contributed by atoms with Crippen LogP contribution in [0.1, 0.15) is 65.9 Å². The second kappa shape index (κ2) is 18.0. The van der Waals surface area contributed by atoms with Crippen LogP contribution in [0, 0.1) is 17.8 Å². The summed E-state index contributed by atoms with van der Waals surface area (Å²) in [6.07, 6.45) is 1.28. The van der Waals surface area contributed by atoms with Crippen molar-refractivity contribution >= 4 is 25.7 Å². The van der Waals surface area contributed by atoms with E-state index < -0.39 is 43.9 Å². The molecule has 1 aliphatic heterocycles. The summed E-state index contributed by atoms with van der Waals surface area (Å²) in [5.74, 6) is -2.32. The topological polar surface area (TPSA) is 152 Å². The molecule has 3 amide bonds. The second-order valence-corrected chi connectivity index (χ2v) is 13.8. The first-order chi connectivity index (χ1) is 20.8. The van der Waals surface area contributed by atoms with Gasteiger partial charge in [0, 0.05) is 34.2 Å². The summed E-state index contributed by atoms with van der Waals surface area (Å²) in [6, 6.07) is 7.85. The summed E-state index contributed by atoms with van der Waals surface area (Å²) in [5.41, 5.74) is 7.05. The highest BCUT2D eigenvalue weighted by molar-refractivity contribution is 7.38. The highest BCUT2D eigenvalue weighted by Gasteiger charge is 2.42. The molecule has 1 heterocycles. The van der Waals surface area contributed by atoms with E-state index in [0.29, 0.717) is 13.0 Å². The standard InChI is InChI=1S/C32H55N4O7P/c1-9-21(4)29(35(6)32(39)28(33)20(2)3)25(42-7)19-27(37)36-17-13-16-24(36)30(43-8)22(5)31(38)34-26(44(40)41)18-23-14-11-10-12-15-23/h10-12,14-15,20-22,24-26,28-30,44H,9,13,16-19,33H2,1-8H3,(H,34,38)(H,40,41)/t21-,22+,24?,25+,26+,28?,29-,30+/m0/s1. The van der Waals surface area contributed by atoms with Crippen molar-refractivity contribution in [3.8, 4) is 0 Å². The van der Waals surface area contributed by atoms with Crippen molar-refractivity contribution in [3.05, 3.63) is 35.9 Å². The summed E-state index contributed by atoms with van der Waals surface area (Å²) >= 11 is 0. The first-order valence-electron chi connectivity index (χ1n) is 15.7. The number of rotatable bonds is 17. The zero-order valence-electron chi connectivity index (χ0n) is 27.7. The molecule has 44 heavy (non-hydrogen) atoms. The predicted molar refractivity (Wildman–Crippen MR) is 172 cm³/mol. The third-order valence-electron chi connectivity index (χ3n) is 9.16. The molecule has 2 rings (SSSR count). The van der Waals surface area contributed by atoms with Gasteiger partial charge < -0.3 is 35.2 Å². The number of carbonyl (C=O) groups is 3. The van der Waals surface area contributed by atoms with Crippen molar-refractivity contribution in [2.45, 2.75) is 103 Å². The number of likely N-dealkylation sites (tertiary alicyclic amines) is 1. The zero-order valence-corrected chi connectivity index (χ0v) is 28.7. The van der Waals surface area contributed by atoms with Crippen molar-refractivity contribution in [3.63, 3.8) is 0 Å². The summed E-state index contributed by atoms with van der Waals surface area (Å²) in [6.45, 7) is 10.1. The number of nitrogens with two attached hydrogens (primary N) is 1. The Hall–Kier alpha value is -2.30. The summed E-state index contributed by atoms with van der Waals surface area (Å²) in [7, 11) is 1.73. The highest BCUT2D eigenvalue weighted by Crippen LogP contribution is 2.30. The molecular formula is C32H55N4O7P. The molecule has 0 aromatic heterocycles. The van der Waals surface area contributed by atoms with E-state index in [1.165, 1.54) is 7.11 Å². The molecule has 1 aliphatic rings. The lowest BCUT2D eigenvalue weighted by atomic mass is 9.89. The van der Waals surface area contributed by atoms with Gasteiger partial charge >= 0.3 is 0 Å². The van der Waals surface area contributed by atoms with Crippen LogP contribution in [0.4, 0.5) is 0 Å². The number of nitrogens with zero attached hydrogens (tertiary/aromatic N) is 2. The lowest BCUT2D eigenvalue weighted by Crippen LogP contribution is -2.56. The number of likely N-dealkylation sites (N-methyl/N-ethyl adjacent to an activating group) is 1. The summed E-state index contributed by atoms with van der Waals surface area (Å²) in [5, 5.41) is 2.75. The normalized spacial score (nSPS) is 20.7. The van der Waals surface area contributed by atoms with Gasteiger partial charge in [0.25, 0.3) is 0 Å². The molecule has 1 fully saturated rings. The van der Waals surface area contributed by atoms with Gasteiger partial charge in [-0.05, 0) is 30.2 Å². The van der Waals surface area contributed by atoms with Gasteiger partial charge in [-0.25, -0.2) is 0 Å². The van der Waals surface area contributed by atoms with Crippen molar-refractivity contribution in [2.75, 3.05) is 27.8 Å². The van der Waals surface area contributed by atoms with E-state index >= 15 is 0 Å². The fourth-order valence-corrected chi connectivity index (χ4v) is 6.86. The lowest BCUT2D eigenvalue weighted by molar-refractivity contribution is -0.146. The van der Waals surface area contributed by atoms with Crippen LogP contribution in [0.5, 0.6) is 0 Å². The Balaban J connectivity index is 2.20. The largest absolute Gasteiger partial charge is 0.379 e. The number of benzene rings is 1. The molecule has 11 nitrogen and oxygen atoms in total. The SMILES string of the molecule is CC[C@H](C)[C@@H]([C@@H](CC(=O)N1CCCC1[C@H](OC)[C@@H](C)C(=O)N[C@@H](Cc1ccccc1)[PH](=O)O)OC)N(C)C(=O)C(N)C(C)C. The Morgan fingerprint density at radius 2 is 1.77 bits per heavy atom. The minimum Gasteiger partial charge on any atom is -0.379 e. The molecule has 1 aromatic carbocycles. The van der Waals surface area contributed by atoms with Crippen LogP contribution >= 0.6 is 8.03 Å². The third kappa shape index (κ3) is 9.85. The fourth-order valence-electron chi connectivity index (χ4n) is 6.18. The van der Waals surface area contributed by atoms with Gasteiger partial charge in [-0.15, -0.1) is 0 Å². The average molecular weight is 639 g/mol. The molecular weight excluding hydrogens is 583 g/mol. The van der Waals surface area contributed by atoms with E-state index in [1.54, 1.807) is 30.9 Å². The smallest absolute Gasteiger partial charge is 0.239 e. The van der Waals surface area contributed by atoms with E-state index in [1.807, 2.05) is 58.0 Å². The Labute approximate surface area is 264 Å². The first kappa shape index (κ1) is 37.9. The molecule has 0 radical (unpaired) electrons. The minimum atomic E-state index is -3.07. The first-order valence-corrected chi connectivity index (χ1v) is 17.2. The maximum Gasteiger partial charge on any atom is 0.239 e. The average Bonchev–Trinajstić information content (AvgIpc) is 3.49. The summed E-state index contributed by atoms with van der Waals surface area (Å²) in [4.78, 5) is 53.8. The fraction of sp³-hybridized carbons (Fsp3) is 0.719. The van der Waals surface area contributed by atoms with Crippen LogP contribution < -0.4 is 11.1 Å². The molecule has 0 spiro atoms. The number of carbonyl (C=O) groups excluding carboxylic acids is 3. The number of hydrogen-bond donors (Lipinski definition) is 3. The zero-order chi connectivity index (χ0) is 33.1. The lowest BCUT2D eigenvalue weighted by Gasteiger charge is -2.40. The van der Waals surface area contributed by atoms with Crippen molar-refractivity contribution in [1.82, 2.24) is 15.1 Å². The van der Waals surface area contributed by atoms with Crippen LogP contribution in [0.2, 0.25) is 0 Å². The number of nitrogens with one attached hydrogen (secondary N) is 1. The maximum absolute atomic E-state index is 13.8. The second-order valence-electron chi connectivity index (χ2n) is 12.4. The summed E-state index contributed by atoms with van der Waals surface area (Å²) < 4.78 is 23.9. The molecule has 1 aromatic rings. The number of amides is 3. The van der Waals surface area contributed by atoms with Crippen LogP contribution in [-0.4, -0.2) is 96.3 Å². The van der Waals surface area contributed by atoms with Crippen molar-refractivity contribution in [1.29, 1.82) is 0 Å². The van der Waals surface area contributed by atoms with Gasteiger partial charge in [-0.1, -0.05) is 71.4 Å². The highest BCUT2D eigenvalue weighted by atomic mass is 31.1. The van der Waals surface area contributed by atoms with Crippen LogP contribution in [0.25, 0.3) is 0 Å². The molecule has 1 saturated heterocycles. The Kier molecular flexibility index (Phi) is 15.5. The molecule has 250 valence electrons. The maximum atomic E-state index is 13.8. The van der Waals surface area contributed by atoms with Gasteiger partial charge in [0.05, 0.1) is 42.7 Å². The molecule has 12 heteroatoms. The van der Waals surface area contributed by atoms with Crippen molar-refractivity contribution < 1.29 is 33.3 Å². The molecule has 0 bridgehead atoms. The molecule has 4 N–H and O–H groups in total. The van der Waals surface area contributed by atoms with Crippen molar-refractivity contribution in [2.24, 2.45) is 23.5 Å². The van der Waals surface area contributed by atoms with E-state index in [0.717, 1.165) is 18.4 Å². The minimum absolute atomic E-state index is 0.0343. The van der Waals surface area contributed by atoms with E-state index in [2.05, 4.69) is 5.32 Å². The van der Waals surface area contributed by atoms with Crippen LogP contribution in [0.3, 0.4) is 0 Å². The van der Waals surface area contributed by atoms with Gasteiger partial charge in [-0.3, -0.25) is 18.9 Å². The Morgan fingerprint density at radius 3 is 2.30 bits per heavy atom. The number of hydrogen-bond acceptors (Lipinski definition) is 7. The molecule has 0 aliphatic carbocycles. The van der Waals surface area contributed by atoms with E-state index in [9.17, 15) is 23.8 Å². The molecule has 0 saturated carbocycles.